The number of carbonyl (C=O) groups excluding carboxylic acids is 2. The van der Waals surface area contributed by atoms with Gasteiger partial charge in [0.2, 0.25) is 11.8 Å². The maximum absolute atomic E-state index is 13.7. The van der Waals surface area contributed by atoms with Crippen LogP contribution in [0, 0.1) is 0 Å². The van der Waals surface area contributed by atoms with Crippen LogP contribution in [0.4, 0.5) is 0 Å². The number of amides is 2. The van der Waals surface area contributed by atoms with E-state index in [1.807, 2.05) is 24.3 Å². The second-order valence-electron chi connectivity index (χ2n) is 10.1. The monoisotopic (exact) mass is 528 g/mol. The van der Waals surface area contributed by atoms with Gasteiger partial charge in [-0.05, 0) is 61.9 Å². The fourth-order valence-electron chi connectivity index (χ4n) is 5.10. The van der Waals surface area contributed by atoms with Gasteiger partial charge in [0, 0.05) is 38.4 Å². The van der Waals surface area contributed by atoms with Crippen molar-refractivity contribution in [3.8, 4) is 17.4 Å². The third kappa shape index (κ3) is 7.35. The smallest absolute Gasteiger partial charge is 0.259 e. The number of piperidine rings is 1. The van der Waals surface area contributed by atoms with Crippen LogP contribution in [0.3, 0.4) is 0 Å². The van der Waals surface area contributed by atoms with E-state index in [2.05, 4.69) is 39.5 Å². The van der Waals surface area contributed by atoms with Crippen molar-refractivity contribution < 1.29 is 19.1 Å². The molecule has 0 saturated carbocycles. The summed E-state index contributed by atoms with van der Waals surface area (Å²) >= 11 is 0. The number of hydrogen-bond acceptors (Lipinski definition) is 6. The Morgan fingerprint density at radius 3 is 2.49 bits per heavy atom. The Balaban J connectivity index is 1.22. The normalized spacial score (nSPS) is 17.3. The van der Waals surface area contributed by atoms with Crippen molar-refractivity contribution in [2.75, 3.05) is 32.8 Å². The van der Waals surface area contributed by atoms with Crippen LogP contribution in [0.25, 0.3) is 0 Å². The number of benzene rings is 2. The fourth-order valence-corrected chi connectivity index (χ4v) is 5.10. The van der Waals surface area contributed by atoms with Gasteiger partial charge in [-0.2, -0.15) is 0 Å². The topological polar surface area (TPSA) is 84.0 Å². The van der Waals surface area contributed by atoms with E-state index in [9.17, 15) is 9.59 Å². The molecular weight excluding hydrogens is 492 g/mol. The van der Waals surface area contributed by atoms with Gasteiger partial charge in [-0.15, -0.1) is 0 Å². The van der Waals surface area contributed by atoms with E-state index in [0.717, 1.165) is 51.7 Å². The molecule has 0 spiro atoms. The molecule has 0 unspecified atom stereocenters. The molecule has 3 heterocycles. The molecule has 1 saturated heterocycles. The zero-order valence-corrected chi connectivity index (χ0v) is 22.3. The summed E-state index contributed by atoms with van der Waals surface area (Å²) in [5.74, 6) is 0.936. The van der Waals surface area contributed by atoms with Crippen LogP contribution >= 0.6 is 0 Å². The Kier molecular flexibility index (Phi) is 9.06. The molecule has 0 radical (unpaired) electrons. The lowest BCUT2D eigenvalue weighted by Crippen LogP contribution is -2.48. The lowest BCUT2D eigenvalue weighted by molar-refractivity contribution is -0.122. The van der Waals surface area contributed by atoms with Gasteiger partial charge in [0.05, 0.1) is 13.2 Å². The van der Waals surface area contributed by atoms with Gasteiger partial charge in [0.15, 0.2) is 11.5 Å². The molecule has 0 aliphatic carbocycles. The Hall–Kier alpha value is -3.91. The molecule has 2 aromatic carbocycles. The van der Waals surface area contributed by atoms with Gasteiger partial charge in [0.25, 0.3) is 5.91 Å². The number of carbonyl (C=O) groups is 2. The average Bonchev–Trinajstić information content (AvgIpc) is 2.97. The number of para-hydroxylation sites is 2. The van der Waals surface area contributed by atoms with Crippen molar-refractivity contribution in [1.29, 1.82) is 0 Å². The quantitative estimate of drug-likeness (QED) is 0.519. The van der Waals surface area contributed by atoms with Crippen LogP contribution in [-0.4, -0.2) is 65.4 Å². The molecule has 0 bridgehead atoms. The number of aromatic nitrogens is 1. The molecule has 0 atom stereocenters. The minimum atomic E-state index is -0.261. The van der Waals surface area contributed by atoms with Gasteiger partial charge < -0.3 is 19.7 Å². The molecule has 1 aromatic heterocycles. The van der Waals surface area contributed by atoms with E-state index in [-0.39, 0.29) is 30.3 Å². The average molecular weight is 529 g/mol. The van der Waals surface area contributed by atoms with Crippen LogP contribution in [0.2, 0.25) is 0 Å². The molecule has 2 aliphatic rings. The summed E-state index contributed by atoms with van der Waals surface area (Å²) in [6.07, 6.45) is 5.88. The van der Waals surface area contributed by atoms with Crippen LogP contribution in [-0.2, 0) is 11.3 Å². The van der Waals surface area contributed by atoms with E-state index in [4.69, 9.17) is 9.47 Å². The van der Waals surface area contributed by atoms with Crippen molar-refractivity contribution in [3.05, 3.63) is 84.1 Å². The Morgan fingerprint density at radius 1 is 0.897 bits per heavy atom. The molecule has 2 amide bonds. The minimum absolute atomic E-state index is 0.00445. The Bertz CT molecular complexity index is 1240. The van der Waals surface area contributed by atoms with Crippen molar-refractivity contribution in [2.24, 2.45) is 0 Å². The van der Waals surface area contributed by atoms with Crippen molar-refractivity contribution in [3.63, 3.8) is 0 Å². The van der Waals surface area contributed by atoms with E-state index >= 15 is 0 Å². The number of hydrogen-bond donors (Lipinski definition) is 1. The predicted octanol–water partition coefficient (Wildman–Crippen LogP) is 4.66. The summed E-state index contributed by atoms with van der Waals surface area (Å²) in [6, 6.07) is 21.4. The van der Waals surface area contributed by atoms with E-state index in [1.54, 1.807) is 29.3 Å². The first kappa shape index (κ1) is 26.7. The maximum atomic E-state index is 13.7. The molecule has 39 heavy (non-hydrogen) atoms. The highest BCUT2D eigenvalue weighted by atomic mass is 16.5. The lowest BCUT2D eigenvalue weighted by atomic mass is 10.0. The summed E-state index contributed by atoms with van der Waals surface area (Å²) < 4.78 is 12.0. The van der Waals surface area contributed by atoms with Gasteiger partial charge in [0.1, 0.15) is 5.56 Å². The number of nitrogens with zero attached hydrogens (tertiary/aromatic N) is 3. The van der Waals surface area contributed by atoms with Gasteiger partial charge in [-0.25, -0.2) is 4.98 Å². The Morgan fingerprint density at radius 2 is 1.67 bits per heavy atom. The first-order valence-electron chi connectivity index (χ1n) is 13.9. The summed E-state index contributed by atoms with van der Waals surface area (Å²) in [6.45, 7) is 3.82. The molecule has 3 aromatic rings. The highest BCUT2D eigenvalue weighted by molar-refractivity contribution is 5.98. The summed E-state index contributed by atoms with van der Waals surface area (Å²) in [4.78, 5) is 35.2. The van der Waals surface area contributed by atoms with Crippen molar-refractivity contribution in [2.45, 2.75) is 44.7 Å². The molecule has 204 valence electrons. The number of likely N-dealkylation sites (tertiary alicyclic amines) is 1. The molecule has 2 aliphatic heterocycles. The van der Waals surface area contributed by atoms with Gasteiger partial charge in [-0.3, -0.25) is 14.5 Å². The van der Waals surface area contributed by atoms with E-state index < -0.39 is 0 Å². The van der Waals surface area contributed by atoms with Crippen LogP contribution < -0.4 is 14.8 Å². The summed E-state index contributed by atoms with van der Waals surface area (Å²) in [5, 5.41) is 3.18. The SMILES string of the molecule is O=C(CN1CCCCCOc2ccccc2Oc2ncccc2C1=O)NC1CCN(Cc2ccccc2)CC1. The largest absolute Gasteiger partial charge is 0.490 e. The van der Waals surface area contributed by atoms with E-state index in [1.165, 1.54) is 5.56 Å². The fraction of sp³-hybridized carbons (Fsp3) is 0.387. The molecule has 1 N–H and O–H groups in total. The van der Waals surface area contributed by atoms with Gasteiger partial charge in [-0.1, -0.05) is 42.5 Å². The lowest BCUT2D eigenvalue weighted by Gasteiger charge is -2.33. The number of ether oxygens (including phenoxy) is 2. The predicted molar refractivity (Wildman–Crippen MR) is 149 cm³/mol. The highest BCUT2D eigenvalue weighted by Crippen LogP contribution is 2.32. The number of rotatable bonds is 5. The summed E-state index contributed by atoms with van der Waals surface area (Å²) in [5.41, 5.74) is 1.63. The van der Waals surface area contributed by atoms with Crippen LogP contribution in [0.15, 0.2) is 72.9 Å². The first-order valence-corrected chi connectivity index (χ1v) is 13.9. The zero-order chi connectivity index (χ0) is 26.9. The van der Waals surface area contributed by atoms with Gasteiger partial charge >= 0.3 is 0 Å². The zero-order valence-electron chi connectivity index (χ0n) is 22.3. The van der Waals surface area contributed by atoms with Crippen LogP contribution in [0.5, 0.6) is 17.4 Å². The molecule has 5 rings (SSSR count). The maximum Gasteiger partial charge on any atom is 0.259 e. The van der Waals surface area contributed by atoms with E-state index in [0.29, 0.717) is 30.2 Å². The third-order valence-corrected chi connectivity index (χ3v) is 7.21. The number of nitrogens with one attached hydrogen (secondary N) is 1. The number of fused-ring (bicyclic) bond motifs is 2. The van der Waals surface area contributed by atoms with Crippen LogP contribution in [0.1, 0.15) is 48.0 Å². The summed E-state index contributed by atoms with van der Waals surface area (Å²) in [7, 11) is 0. The Labute approximate surface area is 229 Å². The second-order valence-corrected chi connectivity index (χ2v) is 10.1. The van der Waals surface area contributed by atoms with Crippen molar-refractivity contribution >= 4 is 11.8 Å². The highest BCUT2D eigenvalue weighted by Gasteiger charge is 2.26. The molecule has 8 heteroatoms. The molecule has 1 fully saturated rings. The second kappa shape index (κ2) is 13.2. The molecule has 8 nitrogen and oxygen atoms in total. The third-order valence-electron chi connectivity index (χ3n) is 7.21. The molecular formula is C31H36N4O4. The minimum Gasteiger partial charge on any atom is -0.490 e. The van der Waals surface area contributed by atoms with Crippen molar-refractivity contribution in [1.82, 2.24) is 20.1 Å². The standard InChI is InChI=1S/C31H36N4O4/c36-29(33-25-15-19-34(20-16-25)22-24-10-3-1-4-11-24)23-35-18-7-2-8-21-38-27-13-5-6-14-28(27)39-30-26(31(35)37)12-9-17-32-30/h1,3-6,9-14,17,25H,2,7-8,15-16,18-23H2,(H,33,36). The number of pyridine rings is 1. The first-order chi connectivity index (χ1) is 19.2.